The Morgan fingerprint density at radius 3 is 1.51 bits per heavy atom. The molecule has 314 valence electrons. The van der Waals surface area contributed by atoms with Crippen LogP contribution in [0.4, 0.5) is 0 Å². The Kier molecular flexibility index (Phi) is 11.0. The number of rotatable bonds is 14. The van der Waals surface area contributed by atoms with E-state index < -0.39 is 29.6 Å². The second kappa shape index (κ2) is 16.9. The molecule has 9 rings (SSSR count). The zero-order chi connectivity index (χ0) is 43.8. The maximum absolute atomic E-state index is 11.8. The summed E-state index contributed by atoms with van der Waals surface area (Å²) in [5.41, 5.74) is 6.79. The molecule has 1 aliphatic carbocycles. The van der Waals surface area contributed by atoms with Crippen LogP contribution in [0.3, 0.4) is 0 Å². The van der Waals surface area contributed by atoms with Crippen LogP contribution in [0.15, 0.2) is 170 Å². The third-order valence-electron chi connectivity index (χ3n) is 11.8. The molecule has 0 aliphatic heterocycles. The number of ether oxygens (including phenoxy) is 4. The lowest BCUT2D eigenvalue weighted by atomic mass is 9.66. The minimum absolute atomic E-state index is 0.0464. The van der Waals surface area contributed by atoms with Crippen LogP contribution in [0.2, 0.25) is 0 Å². The van der Waals surface area contributed by atoms with Crippen molar-refractivity contribution in [3.05, 3.63) is 192 Å². The molecule has 0 amide bonds. The lowest BCUT2D eigenvalue weighted by molar-refractivity contribution is -0.143. The Morgan fingerprint density at radius 1 is 0.524 bits per heavy atom. The molecule has 0 saturated heterocycles. The molecule has 0 fully saturated rings. The Morgan fingerprint density at radius 2 is 0.968 bits per heavy atom. The quantitative estimate of drug-likeness (QED) is 0.0823. The lowest BCUT2D eigenvalue weighted by Crippen LogP contribution is -2.29. The molecule has 2 N–H and O–H groups in total. The largest absolute Gasteiger partial charge is 0.491 e. The smallest absolute Gasteiger partial charge is 0.333 e. The molecular weight excluding hydrogens is 789 g/mol. The minimum atomic E-state index is -1.00. The number of fused-ring (bicyclic) bond motifs is 9. The zero-order valence-electron chi connectivity index (χ0n) is 35.1. The Balaban J connectivity index is 1.15. The van der Waals surface area contributed by atoms with Crippen molar-refractivity contribution < 1.29 is 38.7 Å². The molecule has 2 atom stereocenters. The van der Waals surface area contributed by atoms with Crippen molar-refractivity contribution in [2.45, 2.75) is 31.5 Å². The van der Waals surface area contributed by atoms with Gasteiger partial charge in [0.1, 0.15) is 50.1 Å². The molecule has 2 unspecified atom stereocenters. The molecule has 0 aromatic heterocycles. The van der Waals surface area contributed by atoms with Gasteiger partial charge in [-0.2, -0.15) is 0 Å². The average Bonchev–Trinajstić information content (AvgIpc) is 3.62. The summed E-state index contributed by atoms with van der Waals surface area (Å²) in [6.07, 6.45) is -2.00. The molecule has 1 aliphatic rings. The van der Waals surface area contributed by atoms with E-state index in [0.29, 0.717) is 11.5 Å². The summed E-state index contributed by atoms with van der Waals surface area (Å²) in [5, 5.41) is 29.6. The molecule has 0 saturated carbocycles. The lowest BCUT2D eigenvalue weighted by Gasteiger charge is -2.35. The number of esters is 2. The highest BCUT2D eigenvalue weighted by Crippen LogP contribution is 2.60. The number of carbonyl (C=O) groups excluding carboxylic acids is 2. The highest BCUT2D eigenvalue weighted by molar-refractivity contribution is 6.09. The first kappa shape index (κ1) is 41.1. The van der Waals surface area contributed by atoms with E-state index in [9.17, 15) is 19.8 Å². The van der Waals surface area contributed by atoms with Gasteiger partial charge in [-0.05, 0) is 127 Å². The van der Waals surface area contributed by atoms with Gasteiger partial charge in [-0.1, -0.05) is 122 Å². The van der Waals surface area contributed by atoms with E-state index in [1.807, 2.05) is 36.4 Å². The summed E-state index contributed by atoms with van der Waals surface area (Å²) in [5.74, 6) is 0.0608. The predicted octanol–water partition coefficient (Wildman–Crippen LogP) is 10.4. The molecular formula is C55H46O8. The van der Waals surface area contributed by atoms with Gasteiger partial charge in [0.05, 0.1) is 5.41 Å². The van der Waals surface area contributed by atoms with Crippen LogP contribution < -0.4 is 9.47 Å². The standard InChI is InChI=1S/C55H46O8/c1-33(2)53(58)62-31-43(56)29-60-45-21-15-37-25-41(19-13-39(37)27-45)55(42-20-14-40-28-46(22-16-38(40)26-42)61-30-44(57)32-63-54(59)34(3)4)50-24-18-35-9-5-7-11-47(35)51(50)49-23-17-36-10-6-8-12-48(36)52(49)55/h5-28,43-44,56-57H,1,3,29-32H2,2,4H3. The molecule has 8 heteroatoms. The van der Waals surface area contributed by atoms with Crippen LogP contribution in [-0.4, -0.2) is 60.8 Å². The van der Waals surface area contributed by atoms with Crippen LogP contribution in [0.5, 0.6) is 11.5 Å². The maximum Gasteiger partial charge on any atom is 0.333 e. The summed E-state index contributed by atoms with van der Waals surface area (Å²) in [7, 11) is 0. The predicted molar refractivity (Wildman–Crippen MR) is 248 cm³/mol. The molecule has 0 bridgehead atoms. The number of hydrogen-bond acceptors (Lipinski definition) is 8. The molecule has 8 aromatic carbocycles. The topological polar surface area (TPSA) is 112 Å². The second-order valence-corrected chi connectivity index (χ2v) is 16.3. The number of hydrogen-bond donors (Lipinski definition) is 2. The SMILES string of the molecule is C=C(C)C(=O)OCC(O)COc1ccc2cc(C3(c4ccc5cc(OCC(O)COC(=O)C(=C)C)ccc5c4)c4ccc5ccccc5c4-c4ccc5ccccc5c43)ccc2c1. The summed E-state index contributed by atoms with van der Waals surface area (Å²) in [6.45, 7) is 9.80. The number of aliphatic hydroxyl groups is 2. The summed E-state index contributed by atoms with van der Waals surface area (Å²) >= 11 is 0. The van der Waals surface area contributed by atoms with Gasteiger partial charge in [0, 0.05) is 11.1 Å². The van der Waals surface area contributed by atoms with Crippen molar-refractivity contribution >= 4 is 55.0 Å². The van der Waals surface area contributed by atoms with Gasteiger partial charge in [0.25, 0.3) is 0 Å². The van der Waals surface area contributed by atoms with E-state index in [4.69, 9.17) is 18.9 Å². The van der Waals surface area contributed by atoms with E-state index >= 15 is 0 Å². The number of aliphatic hydroxyl groups excluding tert-OH is 2. The average molecular weight is 835 g/mol. The van der Waals surface area contributed by atoms with Gasteiger partial charge in [0.15, 0.2) is 0 Å². The molecule has 0 heterocycles. The fourth-order valence-electron chi connectivity index (χ4n) is 8.82. The van der Waals surface area contributed by atoms with E-state index in [0.717, 1.165) is 38.1 Å². The fraction of sp³-hybridized carbons (Fsp3) is 0.164. The van der Waals surface area contributed by atoms with Gasteiger partial charge >= 0.3 is 11.9 Å². The first-order valence-corrected chi connectivity index (χ1v) is 20.9. The van der Waals surface area contributed by atoms with Gasteiger partial charge in [-0.25, -0.2) is 9.59 Å². The van der Waals surface area contributed by atoms with E-state index in [1.54, 1.807) is 13.8 Å². The van der Waals surface area contributed by atoms with Crippen molar-refractivity contribution in [1.29, 1.82) is 0 Å². The van der Waals surface area contributed by atoms with Crippen molar-refractivity contribution in [3.63, 3.8) is 0 Å². The molecule has 8 aromatic rings. The van der Waals surface area contributed by atoms with Crippen molar-refractivity contribution in [2.24, 2.45) is 0 Å². The third kappa shape index (κ3) is 7.69. The Hall–Kier alpha value is -7.26. The second-order valence-electron chi connectivity index (χ2n) is 16.3. The van der Waals surface area contributed by atoms with Gasteiger partial charge in [-0.3, -0.25) is 0 Å². The van der Waals surface area contributed by atoms with E-state index in [-0.39, 0.29) is 37.6 Å². The number of carbonyl (C=O) groups is 2. The van der Waals surface area contributed by atoms with Crippen molar-refractivity contribution in [3.8, 4) is 22.6 Å². The summed E-state index contributed by atoms with van der Waals surface area (Å²) < 4.78 is 22.1. The fourth-order valence-corrected chi connectivity index (χ4v) is 8.82. The van der Waals surface area contributed by atoms with E-state index in [1.165, 1.54) is 38.4 Å². The van der Waals surface area contributed by atoms with Crippen LogP contribution in [0.25, 0.3) is 54.2 Å². The van der Waals surface area contributed by atoms with Crippen LogP contribution >= 0.6 is 0 Å². The van der Waals surface area contributed by atoms with Gasteiger partial charge in [0.2, 0.25) is 0 Å². The molecule has 8 nitrogen and oxygen atoms in total. The highest BCUT2D eigenvalue weighted by atomic mass is 16.6. The van der Waals surface area contributed by atoms with E-state index in [2.05, 4.69) is 122 Å². The summed E-state index contributed by atoms with van der Waals surface area (Å²) in [6, 6.07) is 51.3. The number of benzene rings is 8. The highest BCUT2D eigenvalue weighted by Gasteiger charge is 2.48. The van der Waals surface area contributed by atoms with Crippen molar-refractivity contribution in [1.82, 2.24) is 0 Å². The normalized spacial score (nSPS) is 15.1. The van der Waals surface area contributed by atoms with Gasteiger partial charge in [-0.15, -0.1) is 0 Å². The third-order valence-corrected chi connectivity index (χ3v) is 11.8. The zero-order valence-corrected chi connectivity index (χ0v) is 35.1. The maximum atomic E-state index is 11.8. The first-order valence-electron chi connectivity index (χ1n) is 20.9. The van der Waals surface area contributed by atoms with Gasteiger partial charge < -0.3 is 29.2 Å². The first-order chi connectivity index (χ1) is 30.5. The Bertz CT molecular complexity index is 3000. The summed E-state index contributed by atoms with van der Waals surface area (Å²) in [4.78, 5) is 23.6. The minimum Gasteiger partial charge on any atom is -0.491 e. The molecule has 0 spiro atoms. The van der Waals surface area contributed by atoms with Crippen LogP contribution in [-0.2, 0) is 24.5 Å². The Labute approximate surface area is 365 Å². The molecule has 0 radical (unpaired) electrons. The van der Waals surface area contributed by atoms with Crippen LogP contribution in [0.1, 0.15) is 36.1 Å². The van der Waals surface area contributed by atoms with Crippen molar-refractivity contribution in [2.75, 3.05) is 26.4 Å². The molecule has 63 heavy (non-hydrogen) atoms. The van der Waals surface area contributed by atoms with Crippen LogP contribution in [0, 0.1) is 0 Å². The monoisotopic (exact) mass is 834 g/mol.